The maximum absolute atomic E-state index is 3.69. The van der Waals surface area contributed by atoms with Crippen molar-refractivity contribution in [2.45, 2.75) is 52.6 Å². The molecule has 0 saturated heterocycles. The molecule has 86 valence electrons. The zero-order valence-electron chi connectivity index (χ0n) is 10.3. The highest BCUT2D eigenvalue weighted by Gasteiger charge is 2.16. The quantitative estimate of drug-likeness (QED) is 0.764. The molecule has 0 aliphatic carbocycles. The summed E-state index contributed by atoms with van der Waals surface area (Å²) < 4.78 is 0. The molecule has 0 spiro atoms. The lowest BCUT2D eigenvalue weighted by atomic mass is 9.94. The van der Waals surface area contributed by atoms with E-state index < -0.39 is 0 Å². The predicted octanol–water partition coefficient (Wildman–Crippen LogP) is 4.22. The fraction of sp³-hybridized carbons (Fsp3) is 0.692. The number of hydrogen-bond acceptors (Lipinski definition) is 2. The molecule has 2 unspecified atom stereocenters. The molecular weight excluding hydrogens is 202 g/mol. The van der Waals surface area contributed by atoms with E-state index >= 15 is 0 Å². The minimum absolute atomic E-state index is 0.479. The summed E-state index contributed by atoms with van der Waals surface area (Å²) in [5.41, 5.74) is 1.41. The van der Waals surface area contributed by atoms with E-state index in [0.29, 0.717) is 12.1 Å². The van der Waals surface area contributed by atoms with Crippen molar-refractivity contribution in [1.29, 1.82) is 0 Å². The van der Waals surface area contributed by atoms with Crippen LogP contribution in [0.15, 0.2) is 16.8 Å². The highest BCUT2D eigenvalue weighted by Crippen LogP contribution is 2.19. The lowest BCUT2D eigenvalue weighted by molar-refractivity contribution is 0.330. The third-order valence-corrected chi connectivity index (χ3v) is 4.01. The maximum atomic E-state index is 3.69. The Labute approximate surface area is 97.9 Å². The van der Waals surface area contributed by atoms with Gasteiger partial charge in [-0.1, -0.05) is 26.7 Å². The Hall–Kier alpha value is -0.340. The van der Waals surface area contributed by atoms with Gasteiger partial charge in [-0.25, -0.2) is 0 Å². The van der Waals surface area contributed by atoms with Gasteiger partial charge in [-0.05, 0) is 42.2 Å². The average Bonchev–Trinajstić information content (AvgIpc) is 2.72. The maximum Gasteiger partial charge on any atom is 0.0302 e. The summed E-state index contributed by atoms with van der Waals surface area (Å²) in [6, 6.07) is 3.30. The SMILES string of the molecule is CCC(CC)C(C)NC(C)c1ccsc1. The van der Waals surface area contributed by atoms with Gasteiger partial charge in [-0.15, -0.1) is 0 Å². The molecule has 0 aliphatic heterocycles. The molecule has 15 heavy (non-hydrogen) atoms. The number of thiophene rings is 1. The van der Waals surface area contributed by atoms with Crippen LogP contribution in [0, 0.1) is 5.92 Å². The Morgan fingerprint density at radius 3 is 2.40 bits per heavy atom. The molecule has 2 atom stereocenters. The summed E-state index contributed by atoms with van der Waals surface area (Å²) in [6.45, 7) is 9.12. The number of rotatable bonds is 6. The van der Waals surface area contributed by atoms with E-state index in [-0.39, 0.29) is 0 Å². The second-order valence-electron chi connectivity index (χ2n) is 4.31. The normalized spacial score (nSPS) is 15.5. The molecule has 0 saturated carbocycles. The fourth-order valence-electron chi connectivity index (χ4n) is 2.14. The first-order valence-electron chi connectivity index (χ1n) is 5.97. The molecule has 0 aromatic carbocycles. The Balaban J connectivity index is 2.47. The summed E-state index contributed by atoms with van der Waals surface area (Å²) in [6.07, 6.45) is 2.53. The van der Waals surface area contributed by atoms with E-state index in [1.807, 2.05) is 0 Å². The van der Waals surface area contributed by atoms with Gasteiger partial charge in [0.1, 0.15) is 0 Å². The van der Waals surface area contributed by atoms with Crippen LogP contribution in [0.5, 0.6) is 0 Å². The molecule has 0 fully saturated rings. The lowest BCUT2D eigenvalue weighted by Crippen LogP contribution is -2.34. The monoisotopic (exact) mass is 225 g/mol. The van der Waals surface area contributed by atoms with Crippen molar-refractivity contribution < 1.29 is 0 Å². The van der Waals surface area contributed by atoms with Crippen LogP contribution in [0.25, 0.3) is 0 Å². The molecule has 2 heteroatoms. The molecule has 1 rings (SSSR count). The van der Waals surface area contributed by atoms with Crippen LogP contribution in [0.1, 0.15) is 52.1 Å². The highest BCUT2D eigenvalue weighted by atomic mass is 32.1. The van der Waals surface area contributed by atoms with Gasteiger partial charge >= 0.3 is 0 Å². The van der Waals surface area contributed by atoms with Gasteiger partial charge in [0.15, 0.2) is 0 Å². The fourth-order valence-corrected chi connectivity index (χ4v) is 2.90. The lowest BCUT2D eigenvalue weighted by Gasteiger charge is -2.26. The van der Waals surface area contributed by atoms with Gasteiger partial charge < -0.3 is 5.32 Å². The van der Waals surface area contributed by atoms with E-state index in [9.17, 15) is 0 Å². The van der Waals surface area contributed by atoms with Gasteiger partial charge in [0.25, 0.3) is 0 Å². The van der Waals surface area contributed by atoms with E-state index in [0.717, 1.165) is 5.92 Å². The van der Waals surface area contributed by atoms with Crippen LogP contribution in [-0.2, 0) is 0 Å². The molecule has 0 radical (unpaired) electrons. The molecule has 1 aromatic rings. The standard InChI is InChI=1S/C13H23NS/c1-5-12(6-2)10(3)14-11(4)13-7-8-15-9-13/h7-12,14H,5-6H2,1-4H3. The first kappa shape index (κ1) is 12.7. The van der Waals surface area contributed by atoms with Crippen molar-refractivity contribution in [2.24, 2.45) is 5.92 Å². The van der Waals surface area contributed by atoms with Crippen LogP contribution in [0.3, 0.4) is 0 Å². The van der Waals surface area contributed by atoms with Gasteiger partial charge in [0.05, 0.1) is 0 Å². The van der Waals surface area contributed by atoms with Crippen LogP contribution in [-0.4, -0.2) is 6.04 Å². The summed E-state index contributed by atoms with van der Waals surface area (Å²) in [4.78, 5) is 0. The Bertz CT molecular complexity index is 252. The molecule has 0 bridgehead atoms. The van der Waals surface area contributed by atoms with Crippen LogP contribution in [0.2, 0.25) is 0 Å². The Morgan fingerprint density at radius 1 is 1.27 bits per heavy atom. The first-order valence-corrected chi connectivity index (χ1v) is 6.91. The molecule has 1 N–H and O–H groups in total. The van der Waals surface area contributed by atoms with Crippen LogP contribution in [0.4, 0.5) is 0 Å². The van der Waals surface area contributed by atoms with Gasteiger partial charge in [-0.3, -0.25) is 0 Å². The zero-order valence-corrected chi connectivity index (χ0v) is 11.1. The zero-order chi connectivity index (χ0) is 11.3. The molecule has 0 amide bonds. The topological polar surface area (TPSA) is 12.0 Å². The van der Waals surface area contributed by atoms with Gasteiger partial charge in [0.2, 0.25) is 0 Å². The molecule has 1 heterocycles. The molecular formula is C13H23NS. The first-order chi connectivity index (χ1) is 7.19. The number of nitrogens with one attached hydrogen (secondary N) is 1. The summed E-state index contributed by atoms with van der Waals surface area (Å²) >= 11 is 1.77. The third kappa shape index (κ3) is 3.62. The van der Waals surface area contributed by atoms with Crippen molar-refractivity contribution in [1.82, 2.24) is 5.32 Å². The van der Waals surface area contributed by atoms with E-state index in [4.69, 9.17) is 0 Å². The second-order valence-corrected chi connectivity index (χ2v) is 5.09. The van der Waals surface area contributed by atoms with Crippen LogP contribution < -0.4 is 5.32 Å². The minimum atomic E-state index is 0.479. The van der Waals surface area contributed by atoms with Gasteiger partial charge in [-0.2, -0.15) is 11.3 Å². The second kappa shape index (κ2) is 6.29. The third-order valence-electron chi connectivity index (χ3n) is 3.31. The Kier molecular flexibility index (Phi) is 5.34. The summed E-state index contributed by atoms with van der Waals surface area (Å²) in [5, 5.41) is 8.07. The van der Waals surface area contributed by atoms with E-state index in [1.54, 1.807) is 11.3 Å². The molecule has 1 nitrogen and oxygen atoms in total. The summed E-state index contributed by atoms with van der Waals surface area (Å²) in [5.74, 6) is 0.797. The van der Waals surface area contributed by atoms with Crippen molar-refractivity contribution in [2.75, 3.05) is 0 Å². The molecule has 1 aromatic heterocycles. The van der Waals surface area contributed by atoms with E-state index in [2.05, 4.69) is 49.8 Å². The van der Waals surface area contributed by atoms with Crippen LogP contribution >= 0.6 is 11.3 Å². The van der Waals surface area contributed by atoms with Gasteiger partial charge in [0, 0.05) is 12.1 Å². The summed E-state index contributed by atoms with van der Waals surface area (Å²) in [7, 11) is 0. The molecule has 0 aliphatic rings. The smallest absolute Gasteiger partial charge is 0.0302 e. The highest BCUT2D eigenvalue weighted by molar-refractivity contribution is 7.07. The number of hydrogen-bond donors (Lipinski definition) is 1. The van der Waals surface area contributed by atoms with Crippen molar-refractivity contribution in [3.63, 3.8) is 0 Å². The average molecular weight is 225 g/mol. The van der Waals surface area contributed by atoms with Crippen molar-refractivity contribution in [3.05, 3.63) is 22.4 Å². The largest absolute Gasteiger partial charge is 0.307 e. The van der Waals surface area contributed by atoms with Crippen molar-refractivity contribution in [3.8, 4) is 0 Å². The van der Waals surface area contributed by atoms with E-state index in [1.165, 1.54) is 18.4 Å². The minimum Gasteiger partial charge on any atom is -0.307 e. The predicted molar refractivity (Wildman–Crippen MR) is 69.4 cm³/mol. The van der Waals surface area contributed by atoms with Crippen molar-refractivity contribution >= 4 is 11.3 Å². The Morgan fingerprint density at radius 2 is 1.93 bits per heavy atom.